The van der Waals surface area contributed by atoms with E-state index in [1.54, 1.807) is 13.8 Å². The number of aliphatic hydroxyl groups excluding tert-OH is 3. The zero-order valence-electron chi connectivity index (χ0n) is 21.4. The van der Waals surface area contributed by atoms with Crippen molar-refractivity contribution in [2.24, 2.45) is 17.6 Å². The lowest BCUT2D eigenvalue weighted by Gasteiger charge is -2.38. The summed E-state index contributed by atoms with van der Waals surface area (Å²) in [6.45, 7) is 6.11. The Kier molecular flexibility index (Phi) is 12.6. The van der Waals surface area contributed by atoms with Crippen LogP contribution in [0.3, 0.4) is 0 Å². The third kappa shape index (κ3) is 10.6. The molecule has 2 aliphatic rings. The third-order valence-electron chi connectivity index (χ3n) is 7.12. The van der Waals surface area contributed by atoms with E-state index in [9.17, 15) is 24.9 Å². The molecule has 2 rings (SSSR count). The van der Waals surface area contributed by atoms with E-state index in [0.29, 0.717) is 32.5 Å². The van der Waals surface area contributed by atoms with Gasteiger partial charge in [0.25, 0.3) is 0 Å². The van der Waals surface area contributed by atoms with Gasteiger partial charge in [0.05, 0.1) is 43.7 Å². The Morgan fingerprint density at radius 1 is 1.06 bits per heavy atom. The second kappa shape index (κ2) is 14.9. The van der Waals surface area contributed by atoms with Gasteiger partial charge in [-0.3, -0.25) is 4.79 Å². The second-order valence-corrected chi connectivity index (χ2v) is 10.3. The standard InChI is InChI=1S/C26H45NO8/c1-16(13-23(30)33-11-9-7-5-4-6-8-10-22(27)29)12-20-25(32)24(31)19(15-34-20)14-21-26(35-21)17(2)18(3)28/h13,17-21,24-26,28,31-32H,4-12,14-15H2,1-3H3,(H2,27,29)/b16-13+/t17-,18-,19-,20-,21-,24+,25-,26-/m0/s1. The number of rotatable bonds is 16. The Labute approximate surface area is 209 Å². The van der Waals surface area contributed by atoms with Gasteiger partial charge in [-0.2, -0.15) is 0 Å². The van der Waals surface area contributed by atoms with Gasteiger partial charge in [-0.15, -0.1) is 0 Å². The first-order chi connectivity index (χ1) is 16.6. The topological polar surface area (TPSA) is 152 Å². The van der Waals surface area contributed by atoms with Crippen molar-refractivity contribution in [1.82, 2.24) is 0 Å². The summed E-state index contributed by atoms with van der Waals surface area (Å²) in [6.07, 6.45) is 5.25. The molecule has 2 saturated heterocycles. The number of unbranched alkanes of at least 4 members (excludes halogenated alkanes) is 5. The maximum atomic E-state index is 12.1. The molecule has 0 bridgehead atoms. The highest BCUT2D eigenvalue weighted by Crippen LogP contribution is 2.38. The Balaban J connectivity index is 1.62. The zero-order valence-corrected chi connectivity index (χ0v) is 21.4. The average molecular weight is 500 g/mol. The van der Waals surface area contributed by atoms with Gasteiger partial charge in [0, 0.05) is 24.3 Å². The molecule has 0 aromatic carbocycles. The summed E-state index contributed by atoms with van der Waals surface area (Å²) in [4.78, 5) is 22.7. The molecule has 0 saturated carbocycles. The van der Waals surface area contributed by atoms with Crippen molar-refractivity contribution in [3.63, 3.8) is 0 Å². The third-order valence-corrected chi connectivity index (χ3v) is 7.12. The molecule has 0 aromatic heterocycles. The lowest BCUT2D eigenvalue weighted by molar-refractivity contribution is -0.165. The molecule has 9 nitrogen and oxygen atoms in total. The van der Waals surface area contributed by atoms with Gasteiger partial charge in [-0.25, -0.2) is 4.79 Å². The number of nitrogens with two attached hydrogens (primary N) is 1. The maximum Gasteiger partial charge on any atom is 0.330 e. The summed E-state index contributed by atoms with van der Waals surface area (Å²) in [7, 11) is 0. The summed E-state index contributed by atoms with van der Waals surface area (Å²) < 4.78 is 16.7. The molecule has 202 valence electrons. The minimum atomic E-state index is -1.05. The minimum Gasteiger partial charge on any atom is -0.463 e. The van der Waals surface area contributed by atoms with Crippen LogP contribution in [-0.2, 0) is 23.8 Å². The van der Waals surface area contributed by atoms with Gasteiger partial charge in [0.15, 0.2) is 0 Å². The van der Waals surface area contributed by atoms with Crippen LogP contribution in [0.25, 0.3) is 0 Å². The summed E-state index contributed by atoms with van der Waals surface area (Å²) in [5.74, 6) is -0.899. The number of primary amides is 1. The molecule has 35 heavy (non-hydrogen) atoms. The fourth-order valence-electron chi connectivity index (χ4n) is 4.61. The fraction of sp³-hybridized carbons (Fsp3) is 0.846. The van der Waals surface area contributed by atoms with Crippen LogP contribution in [0.2, 0.25) is 0 Å². The molecule has 0 radical (unpaired) electrons. The van der Waals surface area contributed by atoms with Crippen LogP contribution in [0.4, 0.5) is 0 Å². The lowest BCUT2D eigenvalue weighted by Crippen LogP contribution is -2.50. The first kappa shape index (κ1) is 29.7. The van der Waals surface area contributed by atoms with Crippen molar-refractivity contribution in [2.45, 2.75) is 115 Å². The Hall–Kier alpha value is -1.52. The van der Waals surface area contributed by atoms with Crippen LogP contribution >= 0.6 is 0 Å². The highest BCUT2D eigenvalue weighted by Gasteiger charge is 2.48. The second-order valence-electron chi connectivity index (χ2n) is 10.3. The molecule has 0 aromatic rings. The number of carbonyl (C=O) groups excluding carboxylic acids is 2. The number of hydrogen-bond acceptors (Lipinski definition) is 8. The van der Waals surface area contributed by atoms with E-state index in [1.165, 1.54) is 6.08 Å². The summed E-state index contributed by atoms with van der Waals surface area (Å²) in [5, 5.41) is 30.9. The van der Waals surface area contributed by atoms with E-state index in [0.717, 1.165) is 44.1 Å². The maximum absolute atomic E-state index is 12.1. The number of epoxide rings is 1. The summed E-state index contributed by atoms with van der Waals surface area (Å²) in [6, 6.07) is 0. The molecular formula is C26H45NO8. The van der Waals surface area contributed by atoms with E-state index in [2.05, 4.69) is 0 Å². The van der Waals surface area contributed by atoms with Gasteiger partial charge < -0.3 is 35.3 Å². The van der Waals surface area contributed by atoms with Crippen molar-refractivity contribution in [1.29, 1.82) is 0 Å². The average Bonchev–Trinajstić information content (AvgIpc) is 3.55. The van der Waals surface area contributed by atoms with Crippen LogP contribution in [0, 0.1) is 11.8 Å². The van der Waals surface area contributed by atoms with Crippen molar-refractivity contribution >= 4 is 11.9 Å². The number of aliphatic hydroxyl groups is 3. The lowest BCUT2D eigenvalue weighted by atomic mass is 9.85. The van der Waals surface area contributed by atoms with E-state index < -0.39 is 30.4 Å². The molecule has 8 atom stereocenters. The highest BCUT2D eigenvalue weighted by atomic mass is 16.6. The Morgan fingerprint density at radius 2 is 1.71 bits per heavy atom. The monoisotopic (exact) mass is 499 g/mol. The van der Waals surface area contributed by atoms with Crippen molar-refractivity contribution in [3.05, 3.63) is 11.6 Å². The molecule has 9 heteroatoms. The normalized spacial score (nSPS) is 30.5. The number of amides is 1. The minimum absolute atomic E-state index is 0.0198. The van der Waals surface area contributed by atoms with E-state index in [-0.39, 0.29) is 30.0 Å². The van der Waals surface area contributed by atoms with Gasteiger partial charge in [-0.1, -0.05) is 38.2 Å². The van der Waals surface area contributed by atoms with Crippen LogP contribution in [0.15, 0.2) is 11.6 Å². The van der Waals surface area contributed by atoms with E-state index in [4.69, 9.17) is 19.9 Å². The molecule has 2 aliphatic heterocycles. The molecule has 0 spiro atoms. The number of hydrogen-bond donors (Lipinski definition) is 4. The molecule has 1 amide bonds. The molecule has 5 N–H and O–H groups in total. The number of esters is 1. The molecule has 2 heterocycles. The Bertz CT molecular complexity index is 697. The first-order valence-corrected chi connectivity index (χ1v) is 13.0. The first-order valence-electron chi connectivity index (χ1n) is 13.0. The van der Waals surface area contributed by atoms with Crippen LogP contribution in [-0.4, -0.2) is 77.0 Å². The quantitative estimate of drug-likeness (QED) is 0.109. The highest BCUT2D eigenvalue weighted by molar-refractivity contribution is 5.82. The van der Waals surface area contributed by atoms with E-state index in [1.807, 2.05) is 6.92 Å². The van der Waals surface area contributed by atoms with Crippen molar-refractivity contribution in [2.75, 3.05) is 13.2 Å². The van der Waals surface area contributed by atoms with Crippen molar-refractivity contribution < 1.29 is 39.1 Å². The van der Waals surface area contributed by atoms with Crippen LogP contribution in [0.1, 0.15) is 78.6 Å². The molecule has 0 unspecified atom stereocenters. The number of carbonyl (C=O) groups is 2. The smallest absolute Gasteiger partial charge is 0.330 e. The molecular weight excluding hydrogens is 454 g/mol. The predicted octanol–water partition coefficient (Wildman–Crippen LogP) is 1.99. The van der Waals surface area contributed by atoms with Gasteiger partial charge >= 0.3 is 5.97 Å². The van der Waals surface area contributed by atoms with Crippen molar-refractivity contribution in [3.8, 4) is 0 Å². The largest absolute Gasteiger partial charge is 0.463 e. The number of ether oxygens (including phenoxy) is 3. The SMILES string of the molecule is C/C(=C\C(=O)OCCCCCCCCC(N)=O)C[C@@H]1OC[C@H](C[C@@H]2O[C@H]2[C@@H](C)[C@H](C)O)[C@@H](O)[C@H]1O. The Morgan fingerprint density at radius 3 is 2.37 bits per heavy atom. The van der Waals surface area contributed by atoms with Crippen LogP contribution < -0.4 is 5.73 Å². The molecule has 2 fully saturated rings. The molecule has 0 aliphatic carbocycles. The van der Waals surface area contributed by atoms with Gasteiger partial charge in [0.2, 0.25) is 5.91 Å². The van der Waals surface area contributed by atoms with Gasteiger partial charge in [-0.05, 0) is 39.5 Å². The summed E-state index contributed by atoms with van der Waals surface area (Å²) in [5.41, 5.74) is 5.83. The zero-order chi connectivity index (χ0) is 26.0. The summed E-state index contributed by atoms with van der Waals surface area (Å²) >= 11 is 0. The fourth-order valence-corrected chi connectivity index (χ4v) is 4.61. The van der Waals surface area contributed by atoms with Crippen LogP contribution in [0.5, 0.6) is 0 Å². The van der Waals surface area contributed by atoms with Gasteiger partial charge in [0.1, 0.15) is 6.10 Å². The predicted molar refractivity (Wildman–Crippen MR) is 130 cm³/mol. The van der Waals surface area contributed by atoms with E-state index >= 15 is 0 Å².